The monoisotopic (exact) mass is 254 g/mol. The Morgan fingerprint density at radius 2 is 2.11 bits per heavy atom. The van der Waals surface area contributed by atoms with E-state index in [2.05, 4.69) is 4.98 Å². The van der Waals surface area contributed by atoms with Gasteiger partial charge >= 0.3 is 0 Å². The van der Waals surface area contributed by atoms with Gasteiger partial charge < -0.3 is 9.64 Å². The first-order chi connectivity index (χ1) is 9.33. The van der Waals surface area contributed by atoms with E-state index in [1.165, 1.54) is 5.56 Å². The van der Waals surface area contributed by atoms with Gasteiger partial charge in [-0.1, -0.05) is 18.2 Å². The number of benzene rings is 1. The molecule has 0 bridgehead atoms. The lowest BCUT2D eigenvalue weighted by molar-refractivity contribution is -0.107. The highest BCUT2D eigenvalue weighted by Gasteiger charge is 2.22. The molecule has 19 heavy (non-hydrogen) atoms. The van der Waals surface area contributed by atoms with Crippen molar-refractivity contribution in [3.63, 3.8) is 0 Å². The van der Waals surface area contributed by atoms with E-state index in [-0.39, 0.29) is 0 Å². The summed E-state index contributed by atoms with van der Waals surface area (Å²) in [5.41, 5.74) is 4.11. The Kier molecular flexibility index (Phi) is 2.91. The number of carbonyl (C=O) groups is 1. The summed E-state index contributed by atoms with van der Waals surface area (Å²) < 4.78 is 5.16. The van der Waals surface area contributed by atoms with Gasteiger partial charge in [-0.2, -0.15) is 0 Å². The number of hydrogen-bond donors (Lipinski definition) is 0. The smallest absolute Gasteiger partial charge is 0.214 e. The Hall–Kier alpha value is -2.36. The van der Waals surface area contributed by atoms with Gasteiger partial charge in [0.25, 0.3) is 0 Å². The second-order valence-electron chi connectivity index (χ2n) is 4.42. The van der Waals surface area contributed by atoms with Crippen molar-refractivity contribution in [1.82, 2.24) is 4.98 Å². The van der Waals surface area contributed by atoms with Gasteiger partial charge in [0.15, 0.2) is 0 Å². The lowest BCUT2D eigenvalue weighted by Gasteiger charge is -2.12. The highest BCUT2D eigenvalue weighted by atomic mass is 16.5. The van der Waals surface area contributed by atoms with Gasteiger partial charge in [-0.05, 0) is 24.1 Å². The van der Waals surface area contributed by atoms with Crippen LogP contribution in [0.15, 0.2) is 36.4 Å². The third kappa shape index (κ3) is 1.95. The van der Waals surface area contributed by atoms with Crippen LogP contribution in [0.1, 0.15) is 5.56 Å². The number of rotatable bonds is 3. The maximum absolute atomic E-state index is 11.0. The van der Waals surface area contributed by atoms with Crippen molar-refractivity contribution in [2.45, 2.75) is 6.42 Å². The average Bonchev–Trinajstić information content (AvgIpc) is 2.90. The number of hydrogen-bond acceptors (Lipinski definition) is 3. The van der Waals surface area contributed by atoms with Gasteiger partial charge in [0.05, 0.1) is 12.8 Å². The maximum atomic E-state index is 11.0. The molecule has 3 rings (SSSR count). The molecule has 1 aromatic carbocycles. The fourth-order valence-electron chi connectivity index (χ4n) is 2.49. The lowest BCUT2D eigenvalue weighted by atomic mass is 10.0. The molecule has 0 fully saturated rings. The molecule has 4 nitrogen and oxygen atoms in total. The molecule has 0 saturated heterocycles. The van der Waals surface area contributed by atoms with E-state index >= 15 is 0 Å². The molecule has 96 valence electrons. The molecule has 2 heterocycles. The quantitative estimate of drug-likeness (QED) is 0.789. The van der Waals surface area contributed by atoms with Crippen LogP contribution in [0.3, 0.4) is 0 Å². The molecular weight excluding hydrogens is 240 g/mol. The predicted molar refractivity (Wildman–Crippen MR) is 73.3 cm³/mol. The molecule has 0 unspecified atom stereocenters. The van der Waals surface area contributed by atoms with Gasteiger partial charge in [0, 0.05) is 23.9 Å². The molecule has 4 heteroatoms. The number of amides is 1. The number of anilines is 1. The van der Waals surface area contributed by atoms with Crippen molar-refractivity contribution in [3.05, 3.63) is 42.0 Å². The van der Waals surface area contributed by atoms with E-state index in [1.807, 2.05) is 36.4 Å². The van der Waals surface area contributed by atoms with Gasteiger partial charge in [0.2, 0.25) is 12.3 Å². The minimum absolute atomic E-state index is 0.598. The number of fused-ring (bicyclic) bond motifs is 1. The number of nitrogens with zero attached hydrogens (tertiary/aromatic N) is 2. The number of aromatic nitrogens is 1. The Balaban J connectivity index is 2.11. The fourth-order valence-corrected chi connectivity index (χ4v) is 2.49. The Morgan fingerprint density at radius 1 is 1.26 bits per heavy atom. The van der Waals surface area contributed by atoms with Crippen molar-refractivity contribution in [3.8, 4) is 17.1 Å². The zero-order valence-electron chi connectivity index (χ0n) is 10.7. The normalized spacial score (nSPS) is 13.2. The fraction of sp³-hybridized carbons (Fsp3) is 0.200. The molecule has 0 atom stereocenters. The standard InChI is InChI=1S/C15H14N2O2/c1-19-15-7-3-5-13(16-15)11-4-2-6-14-12(11)8-9-17(14)10-18/h2-7,10H,8-9H2,1H3. The van der Waals surface area contributed by atoms with Crippen LogP contribution in [-0.4, -0.2) is 25.0 Å². The molecule has 0 N–H and O–H groups in total. The van der Waals surface area contributed by atoms with Crippen LogP contribution >= 0.6 is 0 Å². The van der Waals surface area contributed by atoms with Crippen LogP contribution in [0.4, 0.5) is 5.69 Å². The van der Waals surface area contributed by atoms with E-state index in [1.54, 1.807) is 12.0 Å². The third-order valence-corrected chi connectivity index (χ3v) is 3.40. The first kappa shape index (κ1) is 11.7. The van der Waals surface area contributed by atoms with Crippen LogP contribution in [0.2, 0.25) is 0 Å². The summed E-state index contributed by atoms with van der Waals surface area (Å²) in [5.74, 6) is 0.598. The van der Waals surface area contributed by atoms with Crippen LogP contribution in [0.5, 0.6) is 5.88 Å². The lowest BCUT2D eigenvalue weighted by Crippen LogP contribution is -2.17. The van der Waals surface area contributed by atoms with Crippen molar-refractivity contribution in [2.75, 3.05) is 18.6 Å². The highest BCUT2D eigenvalue weighted by Crippen LogP contribution is 2.35. The Bertz CT molecular complexity index is 625. The Morgan fingerprint density at radius 3 is 2.89 bits per heavy atom. The maximum Gasteiger partial charge on any atom is 0.214 e. The topological polar surface area (TPSA) is 42.4 Å². The second kappa shape index (κ2) is 4.72. The first-order valence-corrected chi connectivity index (χ1v) is 6.18. The molecule has 1 aromatic heterocycles. The largest absolute Gasteiger partial charge is 0.481 e. The highest BCUT2D eigenvalue weighted by molar-refractivity contribution is 5.84. The molecule has 0 saturated carbocycles. The van der Waals surface area contributed by atoms with Gasteiger partial charge in [-0.3, -0.25) is 4.79 Å². The van der Waals surface area contributed by atoms with Crippen LogP contribution < -0.4 is 9.64 Å². The minimum atomic E-state index is 0.598. The average molecular weight is 254 g/mol. The summed E-state index contributed by atoms with van der Waals surface area (Å²) in [7, 11) is 1.61. The number of pyridine rings is 1. The van der Waals surface area contributed by atoms with Crippen molar-refractivity contribution in [2.24, 2.45) is 0 Å². The third-order valence-electron chi connectivity index (χ3n) is 3.40. The zero-order valence-corrected chi connectivity index (χ0v) is 10.7. The summed E-state index contributed by atoms with van der Waals surface area (Å²) in [6, 6.07) is 11.7. The molecule has 1 amide bonds. The number of ether oxygens (including phenoxy) is 1. The van der Waals surface area contributed by atoms with E-state index < -0.39 is 0 Å². The summed E-state index contributed by atoms with van der Waals surface area (Å²) in [6.07, 6.45) is 1.75. The molecule has 0 spiro atoms. The zero-order chi connectivity index (χ0) is 13.2. The summed E-state index contributed by atoms with van der Waals surface area (Å²) >= 11 is 0. The van der Waals surface area contributed by atoms with Gasteiger partial charge in [-0.15, -0.1) is 0 Å². The van der Waals surface area contributed by atoms with Crippen LogP contribution in [0, 0.1) is 0 Å². The van der Waals surface area contributed by atoms with Gasteiger partial charge in [-0.25, -0.2) is 4.98 Å². The second-order valence-corrected chi connectivity index (χ2v) is 4.42. The molecule has 0 radical (unpaired) electrons. The Labute approximate surface area is 111 Å². The summed E-state index contributed by atoms with van der Waals surface area (Å²) in [6.45, 7) is 0.736. The van der Waals surface area contributed by atoms with Crippen LogP contribution in [-0.2, 0) is 11.2 Å². The summed E-state index contributed by atoms with van der Waals surface area (Å²) in [4.78, 5) is 17.2. The van der Waals surface area contributed by atoms with Crippen molar-refractivity contribution >= 4 is 12.1 Å². The predicted octanol–water partition coefficient (Wildman–Crippen LogP) is 2.28. The van der Waals surface area contributed by atoms with E-state index in [9.17, 15) is 4.79 Å². The number of methoxy groups -OCH3 is 1. The van der Waals surface area contributed by atoms with Crippen molar-refractivity contribution < 1.29 is 9.53 Å². The SMILES string of the molecule is COc1cccc(-c2cccc3c2CCN3C=O)n1. The minimum Gasteiger partial charge on any atom is -0.481 e. The molecule has 0 aliphatic carbocycles. The molecule has 1 aliphatic heterocycles. The first-order valence-electron chi connectivity index (χ1n) is 6.18. The molecule has 2 aromatic rings. The van der Waals surface area contributed by atoms with Crippen molar-refractivity contribution in [1.29, 1.82) is 0 Å². The molecule has 1 aliphatic rings. The van der Waals surface area contributed by atoms with E-state index in [0.717, 1.165) is 36.3 Å². The van der Waals surface area contributed by atoms with E-state index in [4.69, 9.17) is 4.74 Å². The van der Waals surface area contributed by atoms with E-state index in [0.29, 0.717) is 5.88 Å². The molecular formula is C15H14N2O2. The number of carbonyl (C=O) groups excluding carboxylic acids is 1. The summed E-state index contributed by atoms with van der Waals surface area (Å²) in [5, 5.41) is 0. The van der Waals surface area contributed by atoms with Gasteiger partial charge in [0.1, 0.15) is 0 Å². The van der Waals surface area contributed by atoms with Crippen LogP contribution in [0.25, 0.3) is 11.3 Å².